The Morgan fingerprint density at radius 1 is 1.33 bits per heavy atom. The summed E-state index contributed by atoms with van der Waals surface area (Å²) >= 11 is 0. The third-order valence-electron chi connectivity index (χ3n) is 3.15. The van der Waals surface area contributed by atoms with E-state index in [1.807, 2.05) is 18.2 Å². The van der Waals surface area contributed by atoms with Crippen molar-refractivity contribution in [3.8, 4) is 5.82 Å². The zero-order chi connectivity index (χ0) is 12.2. The normalized spacial score (nSPS) is 19.9. The minimum Gasteiger partial charge on any atom is -0.314 e. The lowest BCUT2D eigenvalue weighted by Crippen LogP contribution is -2.35. The van der Waals surface area contributed by atoms with Gasteiger partial charge in [0.1, 0.15) is 0 Å². The molecule has 0 aliphatic carbocycles. The molecule has 0 amide bonds. The van der Waals surface area contributed by atoms with Gasteiger partial charge in [0, 0.05) is 18.7 Å². The molecule has 2 aromatic rings. The van der Waals surface area contributed by atoms with E-state index in [4.69, 9.17) is 0 Å². The number of hydrogen-bond donors (Lipinski definition) is 1. The molecular weight excluding hydrogens is 228 g/mol. The molecule has 94 valence electrons. The Morgan fingerprint density at radius 3 is 3.11 bits per heavy atom. The monoisotopic (exact) mass is 244 g/mol. The van der Waals surface area contributed by atoms with Crippen molar-refractivity contribution in [1.82, 2.24) is 30.5 Å². The smallest absolute Gasteiger partial charge is 0.176 e. The van der Waals surface area contributed by atoms with Crippen molar-refractivity contribution in [3.63, 3.8) is 0 Å². The third-order valence-corrected chi connectivity index (χ3v) is 3.15. The largest absolute Gasteiger partial charge is 0.314 e. The molecule has 6 nitrogen and oxygen atoms in total. The molecule has 0 bridgehead atoms. The summed E-state index contributed by atoms with van der Waals surface area (Å²) in [6, 6.07) is 6.13. The molecule has 0 spiro atoms. The molecule has 1 aliphatic heterocycles. The molecule has 3 heterocycles. The summed E-state index contributed by atoms with van der Waals surface area (Å²) < 4.78 is 0. The van der Waals surface area contributed by atoms with Crippen molar-refractivity contribution in [2.24, 2.45) is 0 Å². The van der Waals surface area contributed by atoms with Crippen LogP contribution in [-0.2, 0) is 6.42 Å². The molecule has 1 unspecified atom stereocenters. The standard InChI is InChI=1S/C12H16N6/c1-3-7-13-10(5-1)9-11-15-17-18(16-11)12-6-2-4-8-14-12/h2,4,6,8,10,13H,1,3,5,7,9H2. The van der Waals surface area contributed by atoms with E-state index < -0.39 is 0 Å². The van der Waals surface area contributed by atoms with Crippen LogP contribution in [0.3, 0.4) is 0 Å². The minimum absolute atomic E-state index is 0.486. The van der Waals surface area contributed by atoms with Crippen LogP contribution in [0.1, 0.15) is 25.1 Å². The number of nitrogens with one attached hydrogen (secondary N) is 1. The lowest BCUT2D eigenvalue weighted by Gasteiger charge is -2.21. The van der Waals surface area contributed by atoms with E-state index in [-0.39, 0.29) is 0 Å². The molecule has 1 N–H and O–H groups in total. The van der Waals surface area contributed by atoms with E-state index in [2.05, 4.69) is 25.7 Å². The van der Waals surface area contributed by atoms with Crippen molar-refractivity contribution >= 4 is 0 Å². The predicted molar refractivity (Wildman–Crippen MR) is 66.3 cm³/mol. The molecule has 1 fully saturated rings. The fourth-order valence-electron chi connectivity index (χ4n) is 2.21. The molecule has 1 atom stereocenters. The maximum atomic E-state index is 4.37. The van der Waals surface area contributed by atoms with Crippen LogP contribution in [-0.4, -0.2) is 37.8 Å². The highest BCUT2D eigenvalue weighted by atomic mass is 15.6. The van der Waals surface area contributed by atoms with Crippen LogP contribution in [0.25, 0.3) is 5.82 Å². The van der Waals surface area contributed by atoms with E-state index in [0.29, 0.717) is 11.9 Å². The van der Waals surface area contributed by atoms with E-state index in [0.717, 1.165) is 18.8 Å². The van der Waals surface area contributed by atoms with Crippen molar-refractivity contribution in [1.29, 1.82) is 0 Å². The van der Waals surface area contributed by atoms with Crippen molar-refractivity contribution in [2.45, 2.75) is 31.7 Å². The predicted octanol–water partition coefficient (Wildman–Crippen LogP) is 0.742. The van der Waals surface area contributed by atoms with Gasteiger partial charge >= 0.3 is 0 Å². The molecule has 2 aromatic heterocycles. The Labute approximate surface area is 105 Å². The molecule has 1 saturated heterocycles. The first-order chi connectivity index (χ1) is 8.92. The van der Waals surface area contributed by atoms with Crippen molar-refractivity contribution in [2.75, 3.05) is 6.54 Å². The highest BCUT2D eigenvalue weighted by Crippen LogP contribution is 2.10. The third kappa shape index (κ3) is 2.53. The van der Waals surface area contributed by atoms with Gasteiger partial charge in [-0.3, -0.25) is 0 Å². The average Bonchev–Trinajstić information content (AvgIpc) is 2.89. The molecule has 0 aromatic carbocycles. The van der Waals surface area contributed by atoms with Gasteiger partial charge in [-0.2, -0.15) is 0 Å². The Hall–Kier alpha value is -1.82. The molecule has 1 aliphatic rings. The molecule has 3 rings (SSSR count). The maximum Gasteiger partial charge on any atom is 0.176 e. The number of piperidine rings is 1. The summed E-state index contributed by atoms with van der Waals surface area (Å²) in [5, 5.41) is 16.0. The van der Waals surface area contributed by atoms with E-state index in [9.17, 15) is 0 Å². The molecule has 6 heteroatoms. The second kappa shape index (κ2) is 5.22. The highest BCUT2D eigenvalue weighted by molar-refractivity contribution is 5.17. The molecule has 0 saturated carbocycles. The second-order valence-corrected chi connectivity index (χ2v) is 4.53. The Kier molecular flexibility index (Phi) is 3.27. The second-order valence-electron chi connectivity index (χ2n) is 4.53. The summed E-state index contributed by atoms with van der Waals surface area (Å²) in [4.78, 5) is 5.68. The van der Waals surface area contributed by atoms with Gasteiger partial charge in [-0.05, 0) is 36.7 Å². The number of rotatable bonds is 3. The van der Waals surface area contributed by atoms with Gasteiger partial charge in [0.15, 0.2) is 11.6 Å². The first-order valence-corrected chi connectivity index (χ1v) is 6.35. The van der Waals surface area contributed by atoms with Gasteiger partial charge in [0.2, 0.25) is 0 Å². The topological polar surface area (TPSA) is 68.5 Å². The molecule has 18 heavy (non-hydrogen) atoms. The summed E-state index contributed by atoms with van der Waals surface area (Å²) in [5.41, 5.74) is 0. The van der Waals surface area contributed by atoms with Crippen molar-refractivity contribution in [3.05, 3.63) is 30.2 Å². The van der Waals surface area contributed by atoms with E-state index >= 15 is 0 Å². The van der Waals surface area contributed by atoms with Crippen LogP contribution in [0, 0.1) is 0 Å². The molecule has 0 radical (unpaired) electrons. The number of nitrogens with zero attached hydrogens (tertiary/aromatic N) is 5. The number of aromatic nitrogens is 5. The van der Waals surface area contributed by atoms with E-state index in [1.165, 1.54) is 24.1 Å². The fourth-order valence-corrected chi connectivity index (χ4v) is 2.21. The summed E-state index contributed by atoms with van der Waals surface area (Å²) in [7, 11) is 0. The van der Waals surface area contributed by atoms with Crippen LogP contribution in [0.2, 0.25) is 0 Å². The number of tetrazole rings is 1. The first-order valence-electron chi connectivity index (χ1n) is 6.35. The first kappa shape index (κ1) is 11.3. The Bertz CT molecular complexity index is 488. The zero-order valence-electron chi connectivity index (χ0n) is 10.2. The maximum absolute atomic E-state index is 4.37. The van der Waals surface area contributed by atoms with Gasteiger partial charge in [-0.15, -0.1) is 15.0 Å². The van der Waals surface area contributed by atoms with Gasteiger partial charge in [0.25, 0.3) is 0 Å². The lowest BCUT2D eigenvalue weighted by atomic mass is 10.0. The van der Waals surface area contributed by atoms with Crippen LogP contribution in [0.4, 0.5) is 0 Å². The van der Waals surface area contributed by atoms with Crippen LogP contribution in [0.15, 0.2) is 24.4 Å². The van der Waals surface area contributed by atoms with Gasteiger partial charge in [0.05, 0.1) is 0 Å². The quantitative estimate of drug-likeness (QED) is 0.862. The fraction of sp³-hybridized carbons (Fsp3) is 0.500. The average molecular weight is 244 g/mol. The Morgan fingerprint density at radius 2 is 2.33 bits per heavy atom. The van der Waals surface area contributed by atoms with E-state index in [1.54, 1.807) is 6.20 Å². The minimum atomic E-state index is 0.486. The summed E-state index contributed by atoms with van der Waals surface area (Å²) in [6.45, 7) is 1.10. The van der Waals surface area contributed by atoms with Crippen LogP contribution >= 0.6 is 0 Å². The SMILES string of the molecule is c1ccc(-n2nnc(CC3CCCCN3)n2)nc1. The van der Waals surface area contributed by atoms with Gasteiger partial charge < -0.3 is 5.32 Å². The van der Waals surface area contributed by atoms with Crippen LogP contribution in [0.5, 0.6) is 0 Å². The summed E-state index contributed by atoms with van der Waals surface area (Å²) in [6.07, 6.45) is 6.31. The summed E-state index contributed by atoms with van der Waals surface area (Å²) in [5.74, 6) is 1.48. The van der Waals surface area contributed by atoms with Gasteiger partial charge in [-0.25, -0.2) is 4.98 Å². The number of hydrogen-bond acceptors (Lipinski definition) is 5. The number of pyridine rings is 1. The van der Waals surface area contributed by atoms with Crippen LogP contribution < -0.4 is 5.32 Å². The molecular formula is C12H16N6. The zero-order valence-corrected chi connectivity index (χ0v) is 10.2. The van der Waals surface area contributed by atoms with Crippen molar-refractivity contribution < 1.29 is 0 Å². The Balaban J connectivity index is 1.69. The van der Waals surface area contributed by atoms with Gasteiger partial charge in [-0.1, -0.05) is 12.5 Å². The lowest BCUT2D eigenvalue weighted by molar-refractivity contribution is 0.394. The highest BCUT2D eigenvalue weighted by Gasteiger charge is 2.16.